The number of rotatable bonds is 2. The number of carbonyl (C=O) groups excluding carboxylic acids is 2. The number of imide groups is 1. The van der Waals surface area contributed by atoms with Crippen LogP contribution in [-0.2, 0) is 16.0 Å². The highest BCUT2D eigenvalue weighted by Gasteiger charge is 2.17. The highest BCUT2D eigenvalue weighted by atomic mass is 16.2. The molecule has 0 N–H and O–H groups in total. The fourth-order valence-corrected chi connectivity index (χ4v) is 1.33. The average molecular weight is 206 g/mol. The molecule has 0 saturated carbocycles. The van der Waals surface area contributed by atoms with Crippen molar-refractivity contribution in [3.05, 3.63) is 23.9 Å². The molecule has 0 unspecified atom stereocenters. The van der Waals surface area contributed by atoms with Crippen LogP contribution in [0.15, 0.2) is 18.2 Å². The molecule has 0 bridgehead atoms. The Balaban J connectivity index is 3.11. The minimum atomic E-state index is -0.316. The third kappa shape index (κ3) is 2.62. The SMILES string of the molecule is CCc1cccc(N(C(C)=O)C(C)=O)n1. The van der Waals surface area contributed by atoms with E-state index in [0.717, 1.165) is 17.0 Å². The molecule has 0 saturated heterocycles. The van der Waals surface area contributed by atoms with Crippen LogP contribution >= 0.6 is 0 Å². The van der Waals surface area contributed by atoms with E-state index in [1.807, 2.05) is 13.0 Å². The number of hydrogen-bond acceptors (Lipinski definition) is 3. The number of carbonyl (C=O) groups is 2. The van der Waals surface area contributed by atoms with Crippen molar-refractivity contribution in [1.82, 2.24) is 4.98 Å². The monoisotopic (exact) mass is 206 g/mol. The molecule has 0 aliphatic heterocycles. The molecule has 1 heterocycles. The van der Waals surface area contributed by atoms with Crippen molar-refractivity contribution < 1.29 is 9.59 Å². The standard InChI is InChI=1S/C11H14N2O2/c1-4-10-6-5-7-11(12-10)13(8(2)14)9(3)15/h5-7H,4H2,1-3H3. The summed E-state index contributed by atoms with van der Waals surface area (Å²) in [6.45, 7) is 4.67. The average Bonchev–Trinajstić information content (AvgIpc) is 2.17. The van der Waals surface area contributed by atoms with E-state index in [9.17, 15) is 9.59 Å². The first-order valence-corrected chi connectivity index (χ1v) is 4.83. The van der Waals surface area contributed by atoms with Crippen molar-refractivity contribution in [1.29, 1.82) is 0 Å². The highest BCUT2D eigenvalue weighted by molar-refractivity contribution is 6.12. The number of aromatic nitrogens is 1. The van der Waals surface area contributed by atoms with Crippen LogP contribution in [0, 0.1) is 0 Å². The Morgan fingerprint density at radius 2 is 1.87 bits per heavy atom. The van der Waals surface area contributed by atoms with Crippen molar-refractivity contribution >= 4 is 17.6 Å². The summed E-state index contributed by atoms with van der Waals surface area (Å²) in [5.74, 6) is -0.235. The summed E-state index contributed by atoms with van der Waals surface area (Å²) < 4.78 is 0. The van der Waals surface area contributed by atoms with Crippen molar-refractivity contribution in [2.45, 2.75) is 27.2 Å². The van der Waals surface area contributed by atoms with Crippen LogP contribution in [0.3, 0.4) is 0 Å². The number of aryl methyl sites for hydroxylation is 1. The van der Waals surface area contributed by atoms with Gasteiger partial charge in [-0.2, -0.15) is 0 Å². The van der Waals surface area contributed by atoms with E-state index in [1.165, 1.54) is 13.8 Å². The lowest BCUT2D eigenvalue weighted by Crippen LogP contribution is -2.33. The van der Waals surface area contributed by atoms with Gasteiger partial charge in [0.15, 0.2) is 0 Å². The highest BCUT2D eigenvalue weighted by Crippen LogP contribution is 2.12. The fraction of sp³-hybridized carbons (Fsp3) is 0.364. The van der Waals surface area contributed by atoms with Crippen LogP contribution in [0.25, 0.3) is 0 Å². The second-order valence-electron chi connectivity index (χ2n) is 3.21. The Morgan fingerprint density at radius 3 is 2.33 bits per heavy atom. The minimum absolute atomic E-state index is 0.316. The molecule has 0 fully saturated rings. The van der Waals surface area contributed by atoms with Crippen LogP contribution in [0.1, 0.15) is 26.5 Å². The first kappa shape index (κ1) is 11.4. The summed E-state index contributed by atoms with van der Waals surface area (Å²) in [6.07, 6.45) is 0.775. The van der Waals surface area contributed by atoms with Crippen molar-refractivity contribution in [3.8, 4) is 0 Å². The van der Waals surface area contributed by atoms with Gasteiger partial charge in [0.05, 0.1) is 0 Å². The molecule has 80 valence electrons. The van der Waals surface area contributed by atoms with Crippen LogP contribution in [0.5, 0.6) is 0 Å². The molecule has 4 nitrogen and oxygen atoms in total. The van der Waals surface area contributed by atoms with Crippen LogP contribution in [0.2, 0.25) is 0 Å². The molecular formula is C11H14N2O2. The second-order valence-corrected chi connectivity index (χ2v) is 3.21. The third-order valence-corrected chi connectivity index (χ3v) is 2.01. The smallest absolute Gasteiger partial charge is 0.231 e. The summed E-state index contributed by atoms with van der Waals surface area (Å²) in [5, 5.41) is 0. The minimum Gasteiger partial charge on any atom is -0.274 e. The number of hydrogen-bond donors (Lipinski definition) is 0. The number of amides is 2. The zero-order valence-electron chi connectivity index (χ0n) is 9.15. The number of nitrogens with zero attached hydrogens (tertiary/aromatic N) is 2. The zero-order chi connectivity index (χ0) is 11.4. The Kier molecular flexibility index (Phi) is 3.55. The molecule has 0 atom stereocenters. The van der Waals surface area contributed by atoms with Gasteiger partial charge in [-0.15, -0.1) is 0 Å². The normalized spacial score (nSPS) is 9.80. The van der Waals surface area contributed by atoms with Crippen molar-refractivity contribution in [2.24, 2.45) is 0 Å². The van der Waals surface area contributed by atoms with Crippen LogP contribution < -0.4 is 4.90 Å². The summed E-state index contributed by atoms with van der Waals surface area (Å²) in [7, 11) is 0. The van der Waals surface area contributed by atoms with Gasteiger partial charge < -0.3 is 0 Å². The molecule has 4 heteroatoms. The van der Waals surface area contributed by atoms with Gasteiger partial charge in [0.2, 0.25) is 11.8 Å². The summed E-state index contributed by atoms with van der Waals surface area (Å²) in [5.41, 5.74) is 0.861. The molecule has 0 radical (unpaired) electrons. The van der Waals surface area contributed by atoms with E-state index in [-0.39, 0.29) is 11.8 Å². The molecule has 1 aromatic rings. The lowest BCUT2D eigenvalue weighted by Gasteiger charge is -2.16. The van der Waals surface area contributed by atoms with Crippen LogP contribution in [0.4, 0.5) is 5.82 Å². The van der Waals surface area contributed by atoms with E-state index in [2.05, 4.69) is 4.98 Å². The van der Waals surface area contributed by atoms with Gasteiger partial charge in [-0.1, -0.05) is 13.0 Å². The van der Waals surface area contributed by atoms with E-state index in [4.69, 9.17) is 0 Å². The molecule has 0 aliphatic carbocycles. The molecule has 1 rings (SSSR count). The maximum atomic E-state index is 11.3. The Bertz CT molecular complexity index is 374. The topological polar surface area (TPSA) is 50.3 Å². The van der Waals surface area contributed by atoms with Gasteiger partial charge >= 0.3 is 0 Å². The van der Waals surface area contributed by atoms with E-state index < -0.39 is 0 Å². The van der Waals surface area contributed by atoms with Gasteiger partial charge in [0, 0.05) is 19.5 Å². The van der Waals surface area contributed by atoms with E-state index >= 15 is 0 Å². The summed E-state index contributed by atoms with van der Waals surface area (Å²) in [6, 6.07) is 5.31. The van der Waals surface area contributed by atoms with Gasteiger partial charge in [0.1, 0.15) is 5.82 Å². The molecule has 15 heavy (non-hydrogen) atoms. The molecule has 0 aromatic carbocycles. The Hall–Kier alpha value is -1.71. The summed E-state index contributed by atoms with van der Waals surface area (Å²) >= 11 is 0. The van der Waals surface area contributed by atoms with Gasteiger partial charge in [-0.3, -0.25) is 9.59 Å². The molecule has 0 aliphatic rings. The van der Waals surface area contributed by atoms with E-state index in [1.54, 1.807) is 12.1 Å². The maximum Gasteiger partial charge on any atom is 0.231 e. The number of pyridine rings is 1. The molecule has 2 amide bonds. The predicted molar refractivity (Wildman–Crippen MR) is 57.5 cm³/mol. The molecular weight excluding hydrogens is 192 g/mol. The fourth-order valence-electron chi connectivity index (χ4n) is 1.33. The Morgan fingerprint density at radius 1 is 1.27 bits per heavy atom. The van der Waals surface area contributed by atoms with Crippen molar-refractivity contribution in [3.63, 3.8) is 0 Å². The van der Waals surface area contributed by atoms with Crippen molar-refractivity contribution in [2.75, 3.05) is 4.90 Å². The largest absolute Gasteiger partial charge is 0.274 e. The maximum absolute atomic E-state index is 11.3. The zero-order valence-corrected chi connectivity index (χ0v) is 9.15. The lowest BCUT2D eigenvalue weighted by molar-refractivity contribution is -0.124. The third-order valence-electron chi connectivity index (χ3n) is 2.01. The van der Waals surface area contributed by atoms with Gasteiger partial charge in [-0.05, 0) is 18.6 Å². The Labute approximate surface area is 88.9 Å². The second kappa shape index (κ2) is 4.68. The van der Waals surface area contributed by atoms with Crippen LogP contribution in [-0.4, -0.2) is 16.8 Å². The summed E-state index contributed by atoms with van der Waals surface area (Å²) in [4.78, 5) is 27.8. The molecule has 1 aromatic heterocycles. The number of anilines is 1. The predicted octanol–water partition coefficient (Wildman–Crippen LogP) is 1.54. The quantitative estimate of drug-likeness (QED) is 0.737. The van der Waals surface area contributed by atoms with E-state index in [0.29, 0.717) is 5.82 Å². The first-order chi connectivity index (χ1) is 7.06. The lowest BCUT2D eigenvalue weighted by atomic mass is 10.3. The first-order valence-electron chi connectivity index (χ1n) is 4.83. The van der Waals surface area contributed by atoms with Gasteiger partial charge in [-0.25, -0.2) is 9.88 Å². The molecule has 0 spiro atoms. The van der Waals surface area contributed by atoms with Gasteiger partial charge in [0.25, 0.3) is 0 Å².